The molecule has 0 atom stereocenters. The van der Waals surface area contributed by atoms with Gasteiger partial charge >= 0.3 is 0 Å². The maximum Gasteiger partial charge on any atom is 0.216 e. The molecule has 1 aromatic carbocycles. The van der Waals surface area contributed by atoms with E-state index in [0.29, 0.717) is 6.54 Å². The predicted molar refractivity (Wildman–Crippen MR) is 71.0 cm³/mol. The molecule has 90 valence electrons. The van der Waals surface area contributed by atoms with Crippen molar-refractivity contribution in [2.45, 2.75) is 19.8 Å². The molecule has 1 aromatic rings. The van der Waals surface area contributed by atoms with Crippen molar-refractivity contribution in [3.63, 3.8) is 0 Å². The second-order valence-corrected chi connectivity index (χ2v) is 4.27. The third kappa shape index (κ3) is 3.34. The van der Waals surface area contributed by atoms with Gasteiger partial charge in [-0.25, -0.2) is 0 Å². The molecular weight excluding hydrogens is 212 g/mol. The zero-order chi connectivity index (χ0) is 12.1. The lowest BCUT2D eigenvalue weighted by atomic mass is 10.1. The third-order valence-electron chi connectivity index (χ3n) is 2.83. The standard InChI is InChI=1S/C14H18N2O/c1-11(17)15-8-3-2-4-12-5-6-14-13(10-12)7-9-16-14/h2,4-6,10,16H,3,7-9H2,1H3,(H,15,17). The molecule has 0 fully saturated rings. The molecule has 3 heteroatoms. The predicted octanol–water partition coefficient (Wildman–Crippen LogP) is 2.19. The molecule has 1 heterocycles. The van der Waals surface area contributed by atoms with Crippen LogP contribution in [0.5, 0.6) is 0 Å². The van der Waals surface area contributed by atoms with E-state index in [2.05, 4.69) is 41.0 Å². The number of carbonyl (C=O) groups is 1. The Hall–Kier alpha value is -1.77. The van der Waals surface area contributed by atoms with Gasteiger partial charge in [0.2, 0.25) is 5.91 Å². The van der Waals surface area contributed by atoms with Crippen molar-refractivity contribution in [2.24, 2.45) is 0 Å². The van der Waals surface area contributed by atoms with Gasteiger partial charge in [0.25, 0.3) is 0 Å². The molecule has 0 aromatic heterocycles. The van der Waals surface area contributed by atoms with Crippen molar-refractivity contribution in [2.75, 3.05) is 18.4 Å². The number of fused-ring (bicyclic) bond motifs is 1. The van der Waals surface area contributed by atoms with Gasteiger partial charge in [-0.3, -0.25) is 4.79 Å². The number of benzene rings is 1. The van der Waals surface area contributed by atoms with E-state index in [0.717, 1.165) is 19.4 Å². The third-order valence-corrected chi connectivity index (χ3v) is 2.83. The smallest absolute Gasteiger partial charge is 0.216 e. The molecule has 0 spiro atoms. The fourth-order valence-electron chi connectivity index (χ4n) is 1.98. The van der Waals surface area contributed by atoms with Crippen molar-refractivity contribution < 1.29 is 4.79 Å². The molecule has 0 aliphatic carbocycles. The number of rotatable bonds is 4. The molecule has 0 radical (unpaired) electrons. The summed E-state index contributed by atoms with van der Waals surface area (Å²) in [5.74, 6) is 0.0296. The summed E-state index contributed by atoms with van der Waals surface area (Å²) in [6, 6.07) is 6.48. The Morgan fingerprint density at radius 1 is 1.53 bits per heavy atom. The summed E-state index contributed by atoms with van der Waals surface area (Å²) in [5.41, 5.74) is 3.89. The van der Waals surface area contributed by atoms with Gasteiger partial charge in [-0.1, -0.05) is 18.2 Å². The van der Waals surface area contributed by atoms with Crippen LogP contribution in [-0.4, -0.2) is 19.0 Å². The van der Waals surface area contributed by atoms with Crippen molar-refractivity contribution >= 4 is 17.7 Å². The van der Waals surface area contributed by atoms with Crippen LogP contribution >= 0.6 is 0 Å². The molecule has 1 aliphatic rings. The van der Waals surface area contributed by atoms with Crippen molar-refractivity contribution in [1.82, 2.24) is 5.32 Å². The molecule has 0 saturated carbocycles. The largest absolute Gasteiger partial charge is 0.384 e. The van der Waals surface area contributed by atoms with Gasteiger partial charge in [0.15, 0.2) is 0 Å². The first-order chi connectivity index (χ1) is 8.25. The highest BCUT2D eigenvalue weighted by atomic mass is 16.1. The Morgan fingerprint density at radius 2 is 2.41 bits per heavy atom. The van der Waals surface area contributed by atoms with Gasteiger partial charge < -0.3 is 10.6 Å². The van der Waals surface area contributed by atoms with E-state index < -0.39 is 0 Å². The summed E-state index contributed by atoms with van der Waals surface area (Å²) in [6.45, 7) is 3.29. The lowest BCUT2D eigenvalue weighted by Crippen LogP contribution is -2.20. The van der Waals surface area contributed by atoms with E-state index in [1.54, 1.807) is 0 Å². The van der Waals surface area contributed by atoms with Crippen LogP contribution in [0, 0.1) is 0 Å². The Labute approximate surface area is 102 Å². The average Bonchev–Trinajstić information content (AvgIpc) is 2.75. The van der Waals surface area contributed by atoms with Crippen LogP contribution in [0.4, 0.5) is 5.69 Å². The Bertz CT molecular complexity index is 438. The number of anilines is 1. The highest BCUT2D eigenvalue weighted by Crippen LogP contribution is 2.23. The highest BCUT2D eigenvalue weighted by Gasteiger charge is 2.08. The van der Waals surface area contributed by atoms with Gasteiger partial charge in [0.05, 0.1) is 0 Å². The number of hydrogen-bond acceptors (Lipinski definition) is 2. The van der Waals surface area contributed by atoms with Gasteiger partial charge in [-0.05, 0) is 36.1 Å². The van der Waals surface area contributed by atoms with Gasteiger partial charge in [-0.15, -0.1) is 0 Å². The molecule has 17 heavy (non-hydrogen) atoms. The minimum atomic E-state index is 0.0296. The summed E-state index contributed by atoms with van der Waals surface area (Å²) in [5, 5.41) is 6.12. The summed E-state index contributed by atoms with van der Waals surface area (Å²) >= 11 is 0. The van der Waals surface area contributed by atoms with E-state index >= 15 is 0 Å². The van der Waals surface area contributed by atoms with Crippen LogP contribution in [0.2, 0.25) is 0 Å². The monoisotopic (exact) mass is 230 g/mol. The fourth-order valence-corrected chi connectivity index (χ4v) is 1.98. The number of nitrogens with one attached hydrogen (secondary N) is 2. The Morgan fingerprint density at radius 3 is 3.24 bits per heavy atom. The van der Waals surface area contributed by atoms with Crippen molar-refractivity contribution in [3.05, 3.63) is 35.4 Å². The van der Waals surface area contributed by atoms with E-state index in [1.165, 1.54) is 23.7 Å². The second kappa shape index (κ2) is 5.53. The molecule has 3 nitrogen and oxygen atoms in total. The first kappa shape index (κ1) is 11.7. The molecule has 0 bridgehead atoms. The Balaban J connectivity index is 1.86. The first-order valence-corrected chi connectivity index (χ1v) is 6.03. The van der Waals surface area contributed by atoms with E-state index in [-0.39, 0.29) is 5.91 Å². The molecule has 2 rings (SSSR count). The second-order valence-electron chi connectivity index (χ2n) is 4.27. The summed E-state index contributed by atoms with van der Waals surface area (Å²) in [7, 11) is 0. The van der Waals surface area contributed by atoms with Crippen molar-refractivity contribution in [1.29, 1.82) is 0 Å². The van der Waals surface area contributed by atoms with Crippen LogP contribution in [-0.2, 0) is 11.2 Å². The molecular formula is C14H18N2O. The molecule has 1 amide bonds. The maximum absolute atomic E-state index is 10.7. The zero-order valence-electron chi connectivity index (χ0n) is 10.1. The van der Waals surface area contributed by atoms with Crippen LogP contribution in [0.3, 0.4) is 0 Å². The molecule has 0 saturated heterocycles. The Kier molecular flexibility index (Phi) is 3.81. The zero-order valence-corrected chi connectivity index (χ0v) is 10.1. The van der Waals surface area contributed by atoms with Crippen LogP contribution in [0.1, 0.15) is 24.5 Å². The fraction of sp³-hybridized carbons (Fsp3) is 0.357. The minimum Gasteiger partial charge on any atom is -0.384 e. The number of amides is 1. The summed E-state index contributed by atoms with van der Waals surface area (Å²) in [6.07, 6.45) is 6.19. The van der Waals surface area contributed by atoms with Gasteiger partial charge in [-0.2, -0.15) is 0 Å². The van der Waals surface area contributed by atoms with Gasteiger partial charge in [0.1, 0.15) is 0 Å². The van der Waals surface area contributed by atoms with E-state index in [4.69, 9.17) is 0 Å². The van der Waals surface area contributed by atoms with Gasteiger partial charge in [0, 0.05) is 25.7 Å². The minimum absolute atomic E-state index is 0.0296. The normalized spacial score (nSPS) is 13.5. The quantitative estimate of drug-likeness (QED) is 0.778. The maximum atomic E-state index is 10.7. The summed E-state index contributed by atoms with van der Waals surface area (Å²) in [4.78, 5) is 10.7. The van der Waals surface area contributed by atoms with Crippen LogP contribution < -0.4 is 10.6 Å². The topological polar surface area (TPSA) is 41.1 Å². The summed E-state index contributed by atoms with van der Waals surface area (Å²) < 4.78 is 0. The van der Waals surface area contributed by atoms with Crippen LogP contribution in [0.25, 0.3) is 6.08 Å². The van der Waals surface area contributed by atoms with E-state index in [9.17, 15) is 4.79 Å². The average molecular weight is 230 g/mol. The highest BCUT2D eigenvalue weighted by molar-refractivity contribution is 5.72. The lowest BCUT2D eigenvalue weighted by Gasteiger charge is -2.01. The van der Waals surface area contributed by atoms with Crippen LogP contribution in [0.15, 0.2) is 24.3 Å². The van der Waals surface area contributed by atoms with Crippen molar-refractivity contribution in [3.8, 4) is 0 Å². The number of hydrogen-bond donors (Lipinski definition) is 2. The molecule has 2 N–H and O–H groups in total. The molecule has 0 unspecified atom stereocenters. The molecule has 1 aliphatic heterocycles. The van der Waals surface area contributed by atoms with E-state index in [1.807, 2.05) is 0 Å². The SMILES string of the molecule is CC(=O)NCCC=Cc1ccc2c(c1)CCN2. The first-order valence-electron chi connectivity index (χ1n) is 6.03. The number of carbonyl (C=O) groups excluding carboxylic acids is 1. The lowest BCUT2D eigenvalue weighted by molar-refractivity contribution is -0.118.